The van der Waals surface area contributed by atoms with Gasteiger partial charge >= 0.3 is 0 Å². The number of aliphatic hydroxyl groups excluding tert-OH is 1. The summed E-state index contributed by atoms with van der Waals surface area (Å²) in [5.41, 5.74) is 1.43. The van der Waals surface area contributed by atoms with Crippen LogP contribution in [-0.2, 0) is 0 Å². The van der Waals surface area contributed by atoms with Gasteiger partial charge < -0.3 is 14.7 Å². The smallest absolute Gasteiger partial charge is 0.126 e. The normalized spacial score (nSPS) is 19.7. The number of ether oxygens (including phenoxy) is 1. The summed E-state index contributed by atoms with van der Waals surface area (Å²) in [6, 6.07) is 13.9. The highest BCUT2D eigenvalue weighted by Gasteiger charge is 2.29. The number of hydrogen-bond donors (Lipinski definition) is 1. The van der Waals surface area contributed by atoms with Crippen LogP contribution in [0, 0.1) is 17.7 Å². The van der Waals surface area contributed by atoms with Crippen molar-refractivity contribution in [2.24, 2.45) is 11.8 Å². The molecule has 1 aromatic heterocycles. The lowest BCUT2D eigenvalue weighted by molar-refractivity contribution is 0.0640. The molecule has 4 nitrogen and oxygen atoms in total. The minimum atomic E-state index is -1.08. The number of fused-ring (bicyclic) bond motifs is 1. The van der Waals surface area contributed by atoms with Gasteiger partial charge in [0.15, 0.2) is 0 Å². The van der Waals surface area contributed by atoms with Gasteiger partial charge in [0, 0.05) is 29.6 Å². The molecule has 35 heavy (non-hydrogen) atoms. The monoisotopic (exact) mass is 500 g/mol. The second-order valence-corrected chi connectivity index (χ2v) is 10.4. The zero-order valence-corrected chi connectivity index (χ0v) is 21.0. The van der Waals surface area contributed by atoms with E-state index in [0.29, 0.717) is 23.7 Å². The summed E-state index contributed by atoms with van der Waals surface area (Å²) in [5, 5.41) is 10.8. The van der Waals surface area contributed by atoms with Crippen molar-refractivity contribution < 1.29 is 18.6 Å². The molecule has 0 spiro atoms. The predicted octanol–water partition coefficient (Wildman–Crippen LogP) is 6.29. The molecular weight excluding hydrogens is 466 g/mol. The SMILES string of the molecule is COc1ccc2nccc([C@@H](F)CC[C@@H]3CCN(CCCSc4ccc(F)cc4)C[C@@H]3CO)c2c1. The highest BCUT2D eigenvalue weighted by Crippen LogP contribution is 2.35. The Hall–Kier alpha value is -2.22. The first-order valence-corrected chi connectivity index (χ1v) is 13.3. The van der Waals surface area contributed by atoms with Crippen LogP contribution >= 0.6 is 11.8 Å². The quantitative estimate of drug-likeness (QED) is 0.248. The van der Waals surface area contributed by atoms with Crippen LogP contribution in [-0.4, -0.2) is 54.1 Å². The molecule has 1 aliphatic heterocycles. The number of aromatic nitrogens is 1. The third-order valence-corrected chi connectivity index (χ3v) is 8.12. The van der Waals surface area contributed by atoms with E-state index in [9.17, 15) is 9.50 Å². The maximum Gasteiger partial charge on any atom is 0.126 e. The lowest BCUT2D eigenvalue weighted by atomic mass is 9.81. The molecule has 0 bridgehead atoms. The van der Waals surface area contributed by atoms with Crippen molar-refractivity contribution in [3.8, 4) is 5.75 Å². The van der Waals surface area contributed by atoms with Crippen molar-refractivity contribution in [1.29, 1.82) is 0 Å². The van der Waals surface area contributed by atoms with Crippen LogP contribution < -0.4 is 4.74 Å². The summed E-state index contributed by atoms with van der Waals surface area (Å²) in [4.78, 5) is 7.85. The van der Waals surface area contributed by atoms with E-state index >= 15 is 4.39 Å². The molecule has 0 radical (unpaired) electrons. The second kappa shape index (κ2) is 12.7. The Morgan fingerprint density at radius 1 is 1.17 bits per heavy atom. The molecular formula is C28H34F2N2O2S. The van der Waals surface area contributed by atoms with Gasteiger partial charge in [-0.15, -0.1) is 11.8 Å². The van der Waals surface area contributed by atoms with Crippen LogP contribution in [0.4, 0.5) is 8.78 Å². The van der Waals surface area contributed by atoms with Crippen LogP contribution in [0.25, 0.3) is 10.9 Å². The van der Waals surface area contributed by atoms with Gasteiger partial charge in [0.1, 0.15) is 17.7 Å². The third kappa shape index (κ3) is 6.93. The first kappa shape index (κ1) is 25.9. The fourth-order valence-corrected chi connectivity index (χ4v) is 5.86. The van der Waals surface area contributed by atoms with Gasteiger partial charge in [-0.05, 0) is 110 Å². The maximum atomic E-state index is 15.4. The van der Waals surface area contributed by atoms with Gasteiger partial charge in [0.2, 0.25) is 0 Å². The standard InChI is InChI=1S/C28H34F2N2O2S/c1-34-23-6-10-28-26(17-23)25(11-13-31-28)27(30)9-3-20-12-15-32(18-21(20)19-33)14-2-16-35-24-7-4-22(29)5-8-24/h4-8,10-11,13,17,20-21,27,33H,2-3,9,12,14-16,18-19H2,1H3/t20-,21-,27+/m1/s1. The predicted molar refractivity (Wildman–Crippen MR) is 138 cm³/mol. The molecule has 1 N–H and O–H groups in total. The van der Waals surface area contributed by atoms with Gasteiger partial charge in [0.05, 0.1) is 12.6 Å². The number of benzene rings is 2. The Morgan fingerprint density at radius 3 is 2.77 bits per heavy atom. The number of thioether (sulfide) groups is 1. The number of hydrogen-bond acceptors (Lipinski definition) is 5. The zero-order chi connectivity index (χ0) is 24.6. The van der Waals surface area contributed by atoms with Crippen molar-refractivity contribution in [1.82, 2.24) is 9.88 Å². The van der Waals surface area contributed by atoms with Crippen LogP contribution in [0.5, 0.6) is 5.75 Å². The Morgan fingerprint density at radius 2 is 2.00 bits per heavy atom. The van der Waals surface area contributed by atoms with Crippen LogP contribution in [0.1, 0.15) is 37.4 Å². The molecule has 0 unspecified atom stereocenters. The minimum absolute atomic E-state index is 0.137. The van der Waals surface area contributed by atoms with E-state index in [1.165, 1.54) is 12.1 Å². The summed E-state index contributed by atoms with van der Waals surface area (Å²) in [6.45, 7) is 2.95. The first-order chi connectivity index (χ1) is 17.1. The number of pyridine rings is 1. The lowest BCUT2D eigenvalue weighted by Gasteiger charge is -2.38. The fourth-order valence-electron chi connectivity index (χ4n) is 5.02. The number of aliphatic hydroxyl groups is 1. The molecule has 4 rings (SSSR count). The Bertz CT molecular complexity index is 1080. The van der Waals surface area contributed by atoms with Crippen molar-refractivity contribution in [2.75, 3.05) is 39.1 Å². The highest BCUT2D eigenvalue weighted by atomic mass is 32.2. The number of likely N-dealkylation sites (tertiary alicyclic amines) is 1. The van der Waals surface area contributed by atoms with E-state index < -0.39 is 6.17 Å². The second-order valence-electron chi connectivity index (χ2n) is 9.28. The van der Waals surface area contributed by atoms with Crippen LogP contribution in [0.15, 0.2) is 59.6 Å². The van der Waals surface area contributed by atoms with E-state index in [4.69, 9.17) is 4.74 Å². The average Bonchev–Trinajstić information content (AvgIpc) is 2.90. The van der Waals surface area contributed by atoms with E-state index in [2.05, 4.69) is 9.88 Å². The Balaban J connectivity index is 1.25. The largest absolute Gasteiger partial charge is 0.497 e. The number of nitrogens with zero attached hydrogens (tertiary/aromatic N) is 2. The van der Waals surface area contributed by atoms with Crippen molar-refractivity contribution >= 4 is 22.7 Å². The number of rotatable bonds is 11. The molecule has 1 saturated heterocycles. The number of alkyl halides is 1. The summed E-state index contributed by atoms with van der Waals surface area (Å²) in [7, 11) is 1.61. The van der Waals surface area contributed by atoms with Crippen molar-refractivity contribution in [2.45, 2.75) is 36.8 Å². The number of methoxy groups -OCH3 is 1. The molecule has 0 saturated carbocycles. The summed E-state index contributed by atoms with van der Waals surface area (Å²) >= 11 is 1.74. The molecule has 1 fully saturated rings. The van der Waals surface area contributed by atoms with E-state index in [1.54, 1.807) is 31.1 Å². The number of piperidine rings is 1. The molecule has 0 amide bonds. The lowest BCUT2D eigenvalue weighted by Crippen LogP contribution is -2.42. The van der Waals surface area contributed by atoms with Gasteiger partial charge in [-0.3, -0.25) is 4.98 Å². The van der Waals surface area contributed by atoms with E-state index in [0.717, 1.165) is 60.4 Å². The average molecular weight is 501 g/mol. The summed E-state index contributed by atoms with van der Waals surface area (Å²) in [6.07, 6.45) is 3.80. The van der Waals surface area contributed by atoms with Gasteiger partial charge in [-0.1, -0.05) is 0 Å². The van der Waals surface area contributed by atoms with Gasteiger partial charge in [0.25, 0.3) is 0 Å². The van der Waals surface area contributed by atoms with Gasteiger partial charge in [-0.25, -0.2) is 8.78 Å². The highest BCUT2D eigenvalue weighted by molar-refractivity contribution is 7.99. The molecule has 2 heterocycles. The summed E-state index contributed by atoms with van der Waals surface area (Å²) in [5.74, 6) is 1.97. The molecule has 0 aliphatic carbocycles. The minimum Gasteiger partial charge on any atom is -0.497 e. The van der Waals surface area contributed by atoms with Gasteiger partial charge in [-0.2, -0.15) is 0 Å². The molecule has 1 aliphatic rings. The van der Waals surface area contributed by atoms with Crippen LogP contribution in [0.3, 0.4) is 0 Å². The fraction of sp³-hybridized carbons (Fsp3) is 0.464. The molecule has 2 aromatic carbocycles. The maximum absolute atomic E-state index is 15.4. The Labute approximate surface area is 210 Å². The van der Waals surface area contributed by atoms with Crippen molar-refractivity contribution in [3.05, 3.63) is 66.1 Å². The summed E-state index contributed by atoms with van der Waals surface area (Å²) < 4.78 is 33.7. The van der Waals surface area contributed by atoms with Crippen LogP contribution in [0.2, 0.25) is 0 Å². The Kier molecular flexibility index (Phi) is 9.35. The molecule has 3 aromatic rings. The topological polar surface area (TPSA) is 45.6 Å². The van der Waals surface area contributed by atoms with E-state index in [-0.39, 0.29) is 18.3 Å². The zero-order valence-electron chi connectivity index (χ0n) is 20.2. The van der Waals surface area contributed by atoms with E-state index in [1.807, 2.05) is 30.3 Å². The molecule has 3 atom stereocenters. The molecule has 7 heteroatoms. The third-order valence-electron chi connectivity index (χ3n) is 7.02. The molecule has 188 valence electrons. The first-order valence-electron chi connectivity index (χ1n) is 12.4. The number of halogens is 2. The van der Waals surface area contributed by atoms with Crippen molar-refractivity contribution in [3.63, 3.8) is 0 Å².